The summed E-state index contributed by atoms with van der Waals surface area (Å²) in [7, 11) is 0. The fraction of sp³-hybridized carbons (Fsp3) is 0.176. The zero-order valence-corrected chi connectivity index (χ0v) is 15.2. The second-order valence-electron chi connectivity index (χ2n) is 5.95. The average Bonchev–Trinajstić information content (AvgIpc) is 3.33. The van der Waals surface area contributed by atoms with Crippen LogP contribution in [0, 0.1) is 0 Å². The summed E-state index contributed by atoms with van der Waals surface area (Å²) < 4.78 is 11.2. The van der Waals surface area contributed by atoms with Crippen molar-refractivity contribution in [3.05, 3.63) is 58.6 Å². The molecule has 1 aromatic carbocycles. The standard InChI is InChI=1S/C17H13BrN4O4/c1-17(10-4-2-5-11(18)8-10)15(23)22(16(24)20-17)9-13-19-14(21-26-13)12-6-3-7-25-12/h2-8H,9H2,1H3,(H,20,24)/t17-/m0/s1. The fourth-order valence-corrected chi connectivity index (χ4v) is 3.20. The van der Waals surface area contributed by atoms with Gasteiger partial charge in [0.15, 0.2) is 5.76 Å². The van der Waals surface area contributed by atoms with E-state index in [-0.39, 0.29) is 18.3 Å². The van der Waals surface area contributed by atoms with Gasteiger partial charge in [0, 0.05) is 4.47 Å². The lowest BCUT2D eigenvalue weighted by Gasteiger charge is -2.22. The highest BCUT2D eigenvalue weighted by atomic mass is 79.9. The summed E-state index contributed by atoms with van der Waals surface area (Å²) in [6.07, 6.45) is 1.49. The van der Waals surface area contributed by atoms with Crippen LogP contribution < -0.4 is 5.32 Å². The molecule has 0 aliphatic carbocycles. The van der Waals surface area contributed by atoms with Crippen LogP contribution in [0.1, 0.15) is 18.4 Å². The first kappa shape index (κ1) is 16.5. The Kier molecular flexibility index (Phi) is 3.87. The van der Waals surface area contributed by atoms with E-state index in [1.807, 2.05) is 6.07 Å². The van der Waals surface area contributed by atoms with Gasteiger partial charge in [-0.1, -0.05) is 33.2 Å². The maximum absolute atomic E-state index is 12.9. The van der Waals surface area contributed by atoms with Crippen molar-refractivity contribution < 1.29 is 18.5 Å². The summed E-state index contributed by atoms with van der Waals surface area (Å²) in [6.45, 7) is 1.54. The van der Waals surface area contributed by atoms with Crippen LogP contribution in [0.4, 0.5) is 4.79 Å². The van der Waals surface area contributed by atoms with E-state index < -0.39 is 17.5 Å². The van der Waals surface area contributed by atoms with E-state index in [9.17, 15) is 9.59 Å². The van der Waals surface area contributed by atoms with Crippen molar-refractivity contribution in [2.75, 3.05) is 0 Å². The minimum absolute atomic E-state index is 0.123. The van der Waals surface area contributed by atoms with Gasteiger partial charge in [-0.3, -0.25) is 9.69 Å². The molecule has 8 nitrogen and oxygen atoms in total. The van der Waals surface area contributed by atoms with Crippen LogP contribution in [0.25, 0.3) is 11.6 Å². The monoisotopic (exact) mass is 416 g/mol. The first-order chi connectivity index (χ1) is 12.5. The number of hydrogen-bond acceptors (Lipinski definition) is 6. The molecule has 0 bridgehead atoms. The number of hydrogen-bond donors (Lipinski definition) is 1. The van der Waals surface area contributed by atoms with E-state index in [1.165, 1.54) is 6.26 Å². The van der Waals surface area contributed by atoms with Gasteiger partial charge in [-0.2, -0.15) is 4.98 Å². The molecule has 0 saturated carbocycles. The van der Waals surface area contributed by atoms with Gasteiger partial charge in [-0.25, -0.2) is 4.79 Å². The van der Waals surface area contributed by atoms with Crippen molar-refractivity contribution >= 4 is 27.9 Å². The topological polar surface area (TPSA) is 101 Å². The number of aromatic nitrogens is 2. The Bertz CT molecular complexity index is 984. The number of halogens is 1. The van der Waals surface area contributed by atoms with Crippen molar-refractivity contribution in [2.24, 2.45) is 0 Å². The lowest BCUT2D eigenvalue weighted by molar-refractivity contribution is -0.131. The van der Waals surface area contributed by atoms with Gasteiger partial charge in [-0.05, 0) is 36.8 Å². The van der Waals surface area contributed by atoms with Crippen LogP contribution >= 0.6 is 15.9 Å². The normalized spacial score (nSPS) is 19.8. The highest BCUT2D eigenvalue weighted by Gasteiger charge is 2.49. The van der Waals surface area contributed by atoms with Crippen LogP contribution in [0.15, 0.2) is 56.1 Å². The molecule has 1 saturated heterocycles. The number of imide groups is 1. The number of rotatable bonds is 4. The number of urea groups is 1. The summed E-state index contributed by atoms with van der Waals surface area (Å²) in [5, 5.41) is 6.54. The smallest absolute Gasteiger partial charge is 0.325 e. The maximum Gasteiger partial charge on any atom is 0.325 e. The second-order valence-corrected chi connectivity index (χ2v) is 6.86. The van der Waals surface area contributed by atoms with Crippen LogP contribution in [-0.4, -0.2) is 27.0 Å². The molecule has 1 aliphatic rings. The van der Waals surface area contributed by atoms with Crippen molar-refractivity contribution in [2.45, 2.75) is 19.0 Å². The van der Waals surface area contributed by atoms with Gasteiger partial charge in [0.1, 0.15) is 12.1 Å². The average molecular weight is 417 g/mol. The van der Waals surface area contributed by atoms with Gasteiger partial charge in [0.05, 0.1) is 6.26 Å². The largest absolute Gasteiger partial charge is 0.461 e. The summed E-state index contributed by atoms with van der Waals surface area (Å²) in [4.78, 5) is 30.5. The van der Waals surface area contributed by atoms with Crippen LogP contribution in [0.5, 0.6) is 0 Å². The Labute approximate surface area is 156 Å². The zero-order chi connectivity index (χ0) is 18.3. The van der Waals surface area contributed by atoms with E-state index in [0.717, 1.165) is 9.37 Å². The van der Waals surface area contributed by atoms with E-state index >= 15 is 0 Å². The van der Waals surface area contributed by atoms with Crippen molar-refractivity contribution in [1.29, 1.82) is 0 Å². The molecule has 1 aliphatic heterocycles. The van der Waals surface area contributed by atoms with Gasteiger partial charge >= 0.3 is 6.03 Å². The third kappa shape index (κ3) is 2.70. The highest BCUT2D eigenvalue weighted by molar-refractivity contribution is 9.10. The number of amides is 3. The molecule has 1 N–H and O–H groups in total. The van der Waals surface area contributed by atoms with Crippen molar-refractivity contribution in [1.82, 2.24) is 20.4 Å². The van der Waals surface area contributed by atoms with Crippen molar-refractivity contribution in [3.63, 3.8) is 0 Å². The number of furan rings is 1. The SMILES string of the molecule is C[C@@]1(c2cccc(Br)c2)NC(=O)N(Cc2nc(-c3ccco3)no2)C1=O. The summed E-state index contributed by atoms with van der Waals surface area (Å²) in [5.41, 5.74) is -0.486. The molecule has 2 aromatic heterocycles. The first-order valence-corrected chi connectivity index (χ1v) is 8.53. The Morgan fingerprint density at radius 2 is 2.12 bits per heavy atom. The van der Waals surface area contributed by atoms with E-state index in [0.29, 0.717) is 11.3 Å². The first-order valence-electron chi connectivity index (χ1n) is 7.74. The summed E-state index contributed by atoms with van der Waals surface area (Å²) in [6, 6.07) is 10.1. The van der Waals surface area contributed by atoms with Crippen LogP contribution in [-0.2, 0) is 16.9 Å². The lowest BCUT2D eigenvalue weighted by atomic mass is 9.92. The third-order valence-electron chi connectivity index (χ3n) is 4.18. The Morgan fingerprint density at radius 3 is 2.85 bits per heavy atom. The predicted molar refractivity (Wildman–Crippen MR) is 92.6 cm³/mol. The van der Waals surface area contributed by atoms with Gasteiger partial charge in [0.25, 0.3) is 5.91 Å². The number of nitrogens with one attached hydrogen (secondary N) is 1. The van der Waals surface area contributed by atoms with Gasteiger partial charge in [-0.15, -0.1) is 0 Å². The quantitative estimate of drug-likeness (QED) is 0.655. The van der Waals surface area contributed by atoms with Gasteiger partial charge in [0.2, 0.25) is 11.7 Å². The second kappa shape index (κ2) is 6.10. The lowest BCUT2D eigenvalue weighted by Crippen LogP contribution is -2.40. The predicted octanol–water partition coefficient (Wildman–Crippen LogP) is 3.06. The molecular weight excluding hydrogens is 404 g/mol. The Morgan fingerprint density at radius 1 is 1.27 bits per heavy atom. The Hall–Kier alpha value is -2.94. The third-order valence-corrected chi connectivity index (χ3v) is 4.67. The molecule has 3 amide bonds. The zero-order valence-electron chi connectivity index (χ0n) is 13.6. The van der Waals surface area contributed by atoms with E-state index in [4.69, 9.17) is 8.94 Å². The Balaban J connectivity index is 1.58. The maximum atomic E-state index is 12.9. The summed E-state index contributed by atoms with van der Waals surface area (Å²) >= 11 is 3.38. The molecule has 26 heavy (non-hydrogen) atoms. The molecule has 3 heterocycles. The van der Waals surface area contributed by atoms with Crippen LogP contribution in [0.2, 0.25) is 0 Å². The number of nitrogens with zero attached hydrogens (tertiary/aromatic N) is 3. The minimum Gasteiger partial charge on any atom is -0.461 e. The molecule has 4 rings (SSSR count). The molecule has 1 fully saturated rings. The highest BCUT2D eigenvalue weighted by Crippen LogP contribution is 2.31. The van der Waals surface area contributed by atoms with Crippen molar-refractivity contribution in [3.8, 4) is 11.6 Å². The number of benzene rings is 1. The number of carbonyl (C=O) groups excluding carboxylic acids is 2. The van der Waals surface area contributed by atoms with Crippen LogP contribution in [0.3, 0.4) is 0 Å². The molecule has 1 atom stereocenters. The van der Waals surface area contributed by atoms with E-state index in [1.54, 1.807) is 37.3 Å². The molecule has 9 heteroatoms. The minimum atomic E-state index is -1.16. The molecule has 132 valence electrons. The summed E-state index contributed by atoms with van der Waals surface area (Å²) in [5.74, 6) is 0.444. The van der Waals surface area contributed by atoms with Gasteiger partial charge < -0.3 is 14.3 Å². The fourth-order valence-electron chi connectivity index (χ4n) is 2.80. The molecule has 0 spiro atoms. The molecule has 0 unspecified atom stereocenters. The molecule has 0 radical (unpaired) electrons. The number of carbonyl (C=O) groups is 2. The van der Waals surface area contributed by atoms with E-state index in [2.05, 4.69) is 31.4 Å². The molecule has 3 aromatic rings. The molecular formula is C17H13BrN4O4.